The van der Waals surface area contributed by atoms with E-state index >= 15 is 0 Å². The highest BCUT2D eigenvalue weighted by atomic mass is 79.9. The predicted molar refractivity (Wildman–Crippen MR) is 87.2 cm³/mol. The molecule has 0 fully saturated rings. The molecule has 0 spiro atoms. The normalized spacial score (nSPS) is 10.4. The van der Waals surface area contributed by atoms with Gasteiger partial charge in [-0.15, -0.1) is 0 Å². The number of hydrogen-bond acceptors (Lipinski definition) is 2. The van der Waals surface area contributed by atoms with Crippen LogP contribution in [0, 0.1) is 20.8 Å². The molecule has 3 nitrogen and oxygen atoms in total. The quantitative estimate of drug-likeness (QED) is 0.809. The van der Waals surface area contributed by atoms with Crippen molar-refractivity contribution in [2.75, 3.05) is 11.1 Å². The molecule has 0 aliphatic heterocycles. The number of nitrogen functional groups attached to an aromatic ring is 1. The lowest BCUT2D eigenvalue weighted by molar-refractivity contribution is 0.102. The molecule has 0 atom stereocenters. The van der Waals surface area contributed by atoms with Crippen LogP contribution >= 0.6 is 15.9 Å². The van der Waals surface area contributed by atoms with Crippen LogP contribution in [0.3, 0.4) is 0 Å². The lowest BCUT2D eigenvalue weighted by Gasteiger charge is -2.11. The number of anilines is 2. The van der Waals surface area contributed by atoms with Crippen molar-refractivity contribution in [2.24, 2.45) is 0 Å². The van der Waals surface area contributed by atoms with Gasteiger partial charge in [-0.05, 0) is 71.6 Å². The van der Waals surface area contributed by atoms with Gasteiger partial charge >= 0.3 is 0 Å². The van der Waals surface area contributed by atoms with Crippen LogP contribution in [0.4, 0.5) is 11.4 Å². The molecule has 2 aromatic rings. The van der Waals surface area contributed by atoms with Gasteiger partial charge in [-0.1, -0.05) is 12.1 Å². The Morgan fingerprint density at radius 3 is 2.45 bits per heavy atom. The molecule has 0 aromatic heterocycles. The molecule has 20 heavy (non-hydrogen) atoms. The molecular weight excluding hydrogens is 316 g/mol. The van der Waals surface area contributed by atoms with Crippen molar-refractivity contribution >= 4 is 33.2 Å². The van der Waals surface area contributed by atoms with Gasteiger partial charge in [0, 0.05) is 15.7 Å². The fourth-order valence-corrected chi connectivity index (χ4v) is 2.62. The molecule has 0 aliphatic carbocycles. The second-order valence-corrected chi connectivity index (χ2v) is 5.82. The van der Waals surface area contributed by atoms with Gasteiger partial charge in [0.1, 0.15) is 0 Å². The molecule has 104 valence electrons. The minimum absolute atomic E-state index is 0.154. The summed E-state index contributed by atoms with van der Waals surface area (Å²) in [5, 5.41) is 2.90. The number of carbonyl (C=O) groups excluding carboxylic acids is 1. The predicted octanol–water partition coefficient (Wildman–Crippen LogP) is 4.21. The van der Waals surface area contributed by atoms with Gasteiger partial charge in [0.2, 0.25) is 0 Å². The molecule has 0 radical (unpaired) electrons. The number of rotatable bonds is 2. The smallest absolute Gasteiger partial charge is 0.256 e. The Morgan fingerprint density at radius 1 is 1.10 bits per heavy atom. The SMILES string of the molecule is Cc1ccc(NC(=O)c2cc(N)c(C)cc2C)c(Br)c1. The highest BCUT2D eigenvalue weighted by Gasteiger charge is 2.12. The van der Waals surface area contributed by atoms with Gasteiger partial charge in [-0.25, -0.2) is 0 Å². The molecule has 0 bridgehead atoms. The van der Waals surface area contributed by atoms with Crippen LogP contribution in [-0.2, 0) is 0 Å². The summed E-state index contributed by atoms with van der Waals surface area (Å²) < 4.78 is 0.864. The molecule has 0 aliphatic rings. The Kier molecular flexibility index (Phi) is 4.14. The van der Waals surface area contributed by atoms with E-state index < -0.39 is 0 Å². The second-order valence-electron chi connectivity index (χ2n) is 4.96. The van der Waals surface area contributed by atoms with Gasteiger partial charge in [0.25, 0.3) is 5.91 Å². The van der Waals surface area contributed by atoms with Crippen molar-refractivity contribution < 1.29 is 4.79 Å². The van der Waals surface area contributed by atoms with Gasteiger partial charge in [0.15, 0.2) is 0 Å². The van der Waals surface area contributed by atoms with Crippen LogP contribution in [0.15, 0.2) is 34.8 Å². The number of aryl methyl sites for hydroxylation is 3. The van der Waals surface area contributed by atoms with Crippen LogP contribution in [0.1, 0.15) is 27.0 Å². The zero-order valence-corrected chi connectivity index (χ0v) is 13.3. The number of benzene rings is 2. The summed E-state index contributed by atoms with van der Waals surface area (Å²) in [6, 6.07) is 9.45. The van der Waals surface area contributed by atoms with E-state index in [0.717, 1.165) is 26.9 Å². The van der Waals surface area contributed by atoms with Gasteiger partial charge in [-0.2, -0.15) is 0 Å². The number of hydrogen-bond donors (Lipinski definition) is 2. The second kappa shape index (κ2) is 5.67. The van der Waals surface area contributed by atoms with E-state index in [2.05, 4.69) is 21.2 Å². The zero-order valence-electron chi connectivity index (χ0n) is 11.8. The van der Waals surface area contributed by atoms with Crippen molar-refractivity contribution in [1.29, 1.82) is 0 Å². The molecule has 2 rings (SSSR count). The maximum Gasteiger partial charge on any atom is 0.256 e. The third kappa shape index (κ3) is 3.02. The summed E-state index contributed by atoms with van der Waals surface area (Å²) in [4.78, 5) is 12.3. The first-order chi connectivity index (χ1) is 9.38. The minimum atomic E-state index is -0.154. The third-order valence-electron chi connectivity index (χ3n) is 3.23. The van der Waals surface area contributed by atoms with E-state index in [1.165, 1.54) is 0 Å². The number of halogens is 1. The monoisotopic (exact) mass is 332 g/mol. The van der Waals surface area contributed by atoms with Gasteiger partial charge in [-0.3, -0.25) is 4.79 Å². The lowest BCUT2D eigenvalue weighted by atomic mass is 10.0. The Balaban J connectivity index is 2.31. The first kappa shape index (κ1) is 14.6. The van der Waals surface area contributed by atoms with Gasteiger partial charge < -0.3 is 11.1 Å². The summed E-state index contributed by atoms with van der Waals surface area (Å²) in [5.74, 6) is -0.154. The van der Waals surface area contributed by atoms with Crippen molar-refractivity contribution in [2.45, 2.75) is 20.8 Å². The molecule has 2 aromatic carbocycles. The van der Waals surface area contributed by atoms with E-state index in [9.17, 15) is 4.79 Å². The Hall–Kier alpha value is -1.81. The van der Waals surface area contributed by atoms with Crippen LogP contribution in [0.25, 0.3) is 0 Å². The van der Waals surface area contributed by atoms with Crippen molar-refractivity contribution in [3.63, 3.8) is 0 Å². The van der Waals surface area contributed by atoms with E-state index in [4.69, 9.17) is 5.73 Å². The van der Waals surface area contributed by atoms with Crippen LogP contribution < -0.4 is 11.1 Å². The van der Waals surface area contributed by atoms with E-state index in [0.29, 0.717) is 11.3 Å². The summed E-state index contributed by atoms with van der Waals surface area (Å²) in [7, 11) is 0. The minimum Gasteiger partial charge on any atom is -0.398 e. The van der Waals surface area contributed by atoms with Crippen molar-refractivity contribution in [1.82, 2.24) is 0 Å². The molecular formula is C16H17BrN2O. The number of nitrogens with one attached hydrogen (secondary N) is 1. The van der Waals surface area contributed by atoms with Gasteiger partial charge in [0.05, 0.1) is 5.69 Å². The summed E-state index contributed by atoms with van der Waals surface area (Å²) in [6.45, 7) is 5.84. The number of carbonyl (C=O) groups is 1. The largest absolute Gasteiger partial charge is 0.398 e. The highest BCUT2D eigenvalue weighted by molar-refractivity contribution is 9.10. The van der Waals surface area contributed by atoms with Crippen LogP contribution in [0.2, 0.25) is 0 Å². The summed E-state index contributed by atoms with van der Waals surface area (Å²) in [5.41, 5.74) is 10.9. The molecule has 1 amide bonds. The standard InChI is InChI=1S/C16H17BrN2O/c1-9-4-5-15(13(17)6-9)19-16(20)12-8-14(18)11(3)7-10(12)2/h4-8H,18H2,1-3H3,(H,19,20). The average Bonchev–Trinajstić information content (AvgIpc) is 2.37. The molecule has 0 saturated carbocycles. The van der Waals surface area contributed by atoms with E-state index in [-0.39, 0.29) is 5.91 Å². The molecule has 0 heterocycles. The Morgan fingerprint density at radius 2 is 1.80 bits per heavy atom. The molecule has 0 saturated heterocycles. The average molecular weight is 333 g/mol. The first-order valence-electron chi connectivity index (χ1n) is 6.32. The fourth-order valence-electron chi connectivity index (χ4n) is 2.02. The maximum absolute atomic E-state index is 12.3. The van der Waals surface area contributed by atoms with E-state index in [1.807, 2.05) is 45.0 Å². The molecule has 3 N–H and O–H groups in total. The first-order valence-corrected chi connectivity index (χ1v) is 7.12. The Bertz CT molecular complexity index is 680. The van der Waals surface area contributed by atoms with Crippen molar-refractivity contribution in [3.05, 3.63) is 57.1 Å². The molecule has 0 unspecified atom stereocenters. The van der Waals surface area contributed by atoms with Crippen LogP contribution in [0.5, 0.6) is 0 Å². The topological polar surface area (TPSA) is 55.1 Å². The van der Waals surface area contributed by atoms with Crippen molar-refractivity contribution in [3.8, 4) is 0 Å². The Labute approximate surface area is 127 Å². The zero-order chi connectivity index (χ0) is 14.9. The third-order valence-corrected chi connectivity index (χ3v) is 3.89. The number of nitrogens with two attached hydrogens (primary N) is 1. The van der Waals surface area contributed by atoms with Crippen LogP contribution in [-0.4, -0.2) is 5.91 Å². The molecule has 4 heteroatoms. The number of amides is 1. The summed E-state index contributed by atoms with van der Waals surface area (Å²) in [6.07, 6.45) is 0. The fraction of sp³-hybridized carbons (Fsp3) is 0.188. The highest BCUT2D eigenvalue weighted by Crippen LogP contribution is 2.25. The maximum atomic E-state index is 12.3. The van der Waals surface area contributed by atoms with E-state index in [1.54, 1.807) is 6.07 Å². The lowest BCUT2D eigenvalue weighted by Crippen LogP contribution is -2.14. The summed E-state index contributed by atoms with van der Waals surface area (Å²) >= 11 is 3.45.